The molecule has 2 unspecified atom stereocenters. The predicted octanol–water partition coefficient (Wildman–Crippen LogP) is 3.32. The van der Waals surface area contributed by atoms with Crippen molar-refractivity contribution in [1.82, 2.24) is 9.80 Å². The van der Waals surface area contributed by atoms with Crippen LogP contribution in [0.3, 0.4) is 0 Å². The van der Waals surface area contributed by atoms with Crippen LogP contribution in [-0.2, 0) is 10.2 Å². The molecule has 2 aromatic rings. The van der Waals surface area contributed by atoms with Gasteiger partial charge in [-0.2, -0.15) is 5.10 Å². The number of hydrazone groups is 1. The van der Waals surface area contributed by atoms with E-state index in [-0.39, 0.29) is 17.6 Å². The third-order valence-electron chi connectivity index (χ3n) is 7.32. The summed E-state index contributed by atoms with van der Waals surface area (Å²) in [5.74, 6) is 0.205. The number of rotatable bonds is 6. The highest BCUT2D eigenvalue weighted by molar-refractivity contribution is 6.43. The summed E-state index contributed by atoms with van der Waals surface area (Å²) in [5.41, 5.74) is 1.58. The number of nitrogens with zero attached hydrogens (tertiary/aromatic N) is 4. The molecule has 0 bridgehead atoms. The quantitative estimate of drug-likeness (QED) is 0.676. The lowest BCUT2D eigenvalue weighted by molar-refractivity contribution is -0.111. The summed E-state index contributed by atoms with van der Waals surface area (Å²) < 4.78 is 20.2. The Kier molecular flexibility index (Phi) is 5.93. The van der Waals surface area contributed by atoms with Crippen LogP contribution in [0.25, 0.3) is 0 Å². The first-order valence-electron chi connectivity index (χ1n) is 11.8. The molecule has 6 nitrogen and oxygen atoms in total. The number of likely N-dealkylation sites (N-methyl/N-ethyl adjacent to an activating group) is 1. The number of halogens is 1. The summed E-state index contributed by atoms with van der Waals surface area (Å²) in [6, 6.07) is 14.4. The average Bonchev–Trinajstić information content (AvgIpc) is 3.17. The van der Waals surface area contributed by atoms with E-state index >= 15 is 0 Å². The minimum Gasteiger partial charge on any atom is -0.489 e. The van der Waals surface area contributed by atoms with E-state index in [2.05, 4.69) is 29.0 Å². The predicted molar refractivity (Wildman–Crippen MR) is 128 cm³/mol. The molecule has 33 heavy (non-hydrogen) atoms. The van der Waals surface area contributed by atoms with E-state index in [1.165, 1.54) is 12.1 Å². The number of anilines is 1. The molecule has 0 N–H and O–H groups in total. The van der Waals surface area contributed by atoms with Gasteiger partial charge in [-0.05, 0) is 44.1 Å². The van der Waals surface area contributed by atoms with Crippen LogP contribution in [0, 0.1) is 5.82 Å². The Balaban J connectivity index is 1.51. The topological polar surface area (TPSA) is 48.4 Å². The van der Waals surface area contributed by atoms with Crippen LogP contribution in [0.2, 0.25) is 0 Å². The molecule has 0 aliphatic carbocycles. The van der Waals surface area contributed by atoms with E-state index in [1.54, 1.807) is 13.0 Å². The second kappa shape index (κ2) is 8.88. The van der Waals surface area contributed by atoms with Gasteiger partial charge in [0, 0.05) is 39.2 Å². The van der Waals surface area contributed by atoms with Crippen molar-refractivity contribution in [1.29, 1.82) is 0 Å². The van der Waals surface area contributed by atoms with Crippen molar-refractivity contribution in [3.05, 3.63) is 59.9 Å². The van der Waals surface area contributed by atoms with Crippen molar-refractivity contribution >= 4 is 17.2 Å². The zero-order valence-electron chi connectivity index (χ0n) is 19.3. The summed E-state index contributed by atoms with van der Waals surface area (Å²) in [6.45, 7) is 7.24. The van der Waals surface area contributed by atoms with Crippen LogP contribution in [0.1, 0.15) is 25.3 Å². The Morgan fingerprint density at radius 3 is 2.64 bits per heavy atom. The molecule has 3 heterocycles. The number of Topliss-reactive ketones (excluding diaryl/α,β-unsaturated/α-hetero) is 1. The van der Waals surface area contributed by atoms with Crippen molar-refractivity contribution in [3.63, 3.8) is 0 Å². The van der Waals surface area contributed by atoms with Gasteiger partial charge in [-0.1, -0.05) is 30.3 Å². The molecule has 0 amide bonds. The summed E-state index contributed by atoms with van der Waals surface area (Å²) in [7, 11) is 2.16. The van der Waals surface area contributed by atoms with Gasteiger partial charge in [-0.3, -0.25) is 9.80 Å². The highest BCUT2D eigenvalue weighted by Gasteiger charge is 2.55. The molecule has 2 atom stereocenters. The van der Waals surface area contributed by atoms with Crippen molar-refractivity contribution in [2.24, 2.45) is 5.10 Å². The van der Waals surface area contributed by atoms with E-state index < -0.39 is 5.41 Å². The van der Waals surface area contributed by atoms with Crippen LogP contribution in [0.5, 0.6) is 5.75 Å². The van der Waals surface area contributed by atoms with Gasteiger partial charge in [0.25, 0.3) is 0 Å². The van der Waals surface area contributed by atoms with Gasteiger partial charge in [-0.15, -0.1) is 0 Å². The summed E-state index contributed by atoms with van der Waals surface area (Å²) in [5, 5.41) is 6.67. The molecule has 3 aliphatic heterocycles. The first kappa shape index (κ1) is 22.0. The minimum absolute atomic E-state index is 0.0502. The monoisotopic (exact) mass is 450 g/mol. The van der Waals surface area contributed by atoms with Gasteiger partial charge < -0.3 is 14.5 Å². The Morgan fingerprint density at radius 1 is 1.15 bits per heavy atom. The highest BCUT2D eigenvalue weighted by atomic mass is 19.1. The molecule has 0 saturated carbocycles. The fourth-order valence-electron chi connectivity index (χ4n) is 5.56. The van der Waals surface area contributed by atoms with Gasteiger partial charge in [-0.25, -0.2) is 4.39 Å². The van der Waals surface area contributed by atoms with E-state index in [4.69, 9.17) is 9.84 Å². The molecule has 174 valence electrons. The number of fused-ring (bicyclic) bond motifs is 3. The Morgan fingerprint density at radius 2 is 1.91 bits per heavy atom. The maximum Gasteiger partial charge on any atom is 0.176 e. The van der Waals surface area contributed by atoms with Crippen molar-refractivity contribution in [2.45, 2.75) is 31.2 Å². The molecule has 7 heteroatoms. The second-order valence-electron chi connectivity index (χ2n) is 9.37. The molecule has 0 spiro atoms. The third-order valence-corrected chi connectivity index (χ3v) is 7.32. The second-order valence-corrected chi connectivity index (χ2v) is 9.37. The molecule has 2 aromatic carbocycles. The normalized spacial score (nSPS) is 25.2. The Labute approximate surface area is 194 Å². The number of hydrogen-bond acceptors (Lipinski definition) is 6. The van der Waals surface area contributed by atoms with Gasteiger partial charge >= 0.3 is 0 Å². The summed E-state index contributed by atoms with van der Waals surface area (Å²) in [6.07, 6.45) is 1.71. The highest BCUT2D eigenvalue weighted by Crippen LogP contribution is 2.48. The number of carbonyl (C=O) groups excluding carboxylic acids is 1. The molecule has 1 fully saturated rings. The number of benzene rings is 2. The summed E-state index contributed by atoms with van der Waals surface area (Å²) >= 11 is 0. The lowest BCUT2D eigenvalue weighted by Gasteiger charge is -2.42. The molecule has 0 aromatic heterocycles. The van der Waals surface area contributed by atoms with Gasteiger partial charge in [0.1, 0.15) is 35.6 Å². The van der Waals surface area contributed by atoms with Crippen LogP contribution in [-0.4, -0.2) is 73.7 Å². The molecular weight excluding hydrogens is 419 g/mol. The largest absolute Gasteiger partial charge is 0.489 e. The van der Waals surface area contributed by atoms with Gasteiger partial charge in [0.2, 0.25) is 0 Å². The van der Waals surface area contributed by atoms with Crippen LogP contribution < -0.4 is 9.75 Å². The van der Waals surface area contributed by atoms with Gasteiger partial charge in [0.15, 0.2) is 5.78 Å². The smallest absolute Gasteiger partial charge is 0.176 e. The Bertz CT molecular complexity index is 1050. The fraction of sp³-hybridized carbons (Fsp3) is 0.462. The standard InChI is InChI=1S/C26H31FN4O2/c1-19(32)25-26(20-7-4-3-5-8-20,11-6-12-30-15-13-29(2)14-16-30)24-18-33-23-10-9-21(27)17-22(23)31(24)28-25/h3-5,7-10,17,24H,6,11-16,18H2,1-2H3. The molecule has 1 saturated heterocycles. The van der Waals surface area contributed by atoms with Crippen molar-refractivity contribution in [2.75, 3.05) is 51.4 Å². The maximum atomic E-state index is 14.2. The minimum atomic E-state index is -0.607. The molecule has 0 radical (unpaired) electrons. The molecule has 5 rings (SSSR count). The number of hydrogen-bond donors (Lipinski definition) is 0. The number of carbonyl (C=O) groups is 1. The van der Waals surface area contributed by atoms with Crippen LogP contribution >= 0.6 is 0 Å². The van der Waals surface area contributed by atoms with E-state index in [1.807, 2.05) is 23.2 Å². The van der Waals surface area contributed by atoms with Crippen molar-refractivity contribution in [3.8, 4) is 5.75 Å². The van der Waals surface area contributed by atoms with E-state index in [0.29, 0.717) is 23.8 Å². The zero-order chi connectivity index (χ0) is 23.0. The third kappa shape index (κ3) is 3.93. The SMILES string of the molecule is CC(=O)C1=NN2c3cc(F)ccc3OCC2C1(CCCN1CCN(C)CC1)c1ccccc1. The number of ketones is 1. The van der Waals surface area contributed by atoms with E-state index in [0.717, 1.165) is 51.1 Å². The van der Waals surface area contributed by atoms with Crippen molar-refractivity contribution < 1.29 is 13.9 Å². The number of ether oxygens (including phenoxy) is 1. The van der Waals surface area contributed by atoms with Gasteiger partial charge in [0.05, 0.1) is 5.41 Å². The molecule has 3 aliphatic rings. The lowest BCUT2D eigenvalue weighted by Crippen LogP contribution is -2.54. The summed E-state index contributed by atoms with van der Waals surface area (Å²) in [4.78, 5) is 17.8. The van der Waals surface area contributed by atoms with E-state index in [9.17, 15) is 9.18 Å². The van der Waals surface area contributed by atoms with Crippen LogP contribution in [0.4, 0.5) is 10.1 Å². The zero-order valence-corrected chi connectivity index (χ0v) is 19.3. The van der Waals surface area contributed by atoms with Crippen LogP contribution in [0.15, 0.2) is 53.6 Å². The fourth-order valence-corrected chi connectivity index (χ4v) is 5.56. The lowest BCUT2D eigenvalue weighted by atomic mass is 9.67. The first-order chi connectivity index (χ1) is 16.0. The Hall–Kier alpha value is -2.77. The maximum absolute atomic E-state index is 14.2. The first-order valence-corrected chi connectivity index (χ1v) is 11.8. The average molecular weight is 451 g/mol. The number of piperazine rings is 1. The molecular formula is C26H31FN4O2.